The van der Waals surface area contributed by atoms with Gasteiger partial charge in [-0.3, -0.25) is 4.57 Å². The number of rotatable bonds is 3. The van der Waals surface area contributed by atoms with Gasteiger partial charge in [-0.2, -0.15) is 8.42 Å². The van der Waals surface area contributed by atoms with Gasteiger partial charge in [-0.05, 0) is 0 Å². The molecule has 0 saturated carbocycles. The second-order valence-electron chi connectivity index (χ2n) is 2.28. The summed E-state index contributed by atoms with van der Waals surface area (Å²) in [5.41, 5.74) is 0. The second-order valence-corrected chi connectivity index (χ2v) is 7.90. The molecule has 0 radical (unpaired) electrons. The molecule has 11 heteroatoms. The van der Waals surface area contributed by atoms with E-state index in [-0.39, 0.29) is 0 Å². The van der Waals surface area contributed by atoms with Gasteiger partial charge in [0, 0.05) is 0 Å². The Morgan fingerprint density at radius 2 is 1.71 bits per heavy atom. The summed E-state index contributed by atoms with van der Waals surface area (Å²) >= 11 is 15.4. The number of halogens is 3. The molecule has 0 spiro atoms. The van der Waals surface area contributed by atoms with Crippen LogP contribution in [0.5, 0.6) is 0 Å². The molecule has 0 amide bonds. The Morgan fingerprint density at radius 1 is 1.36 bits per heavy atom. The standard InChI is InChI=1S/C3H6Cl3O6PS/c1-14(10,11)12-2(3(4,5)6)13(7,8)9/h2H,1H3,(H2,7,8,9). The minimum atomic E-state index is -4.99. The Labute approximate surface area is 95.4 Å². The van der Waals surface area contributed by atoms with Crippen LogP contribution in [0.15, 0.2) is 0 Å². The Hall–Kier alpha value is 0.930. The van der Waals surface area contributed by atoms with Crippen LogP contribution in [0.4, 0.5) is 0 Å². The lowest BCUT2D eigenvalue weighted by Crippen LogP contribution is -2.30. The third kappa shape index (κ3) is 5.72. The largest absolute Gasteiger partial charge is 0.360 e. The van der Waals surface area contributed by atoms with E-state index in [2.05, 4.69) is 4.18 Å². The van der Waals surface area contributed by atoms with Gasteiger partial charge in [-0.25, -0.2) is 4.18 Å². The van der Waals surface area contributed by atoms with E-state index in [1.54, 1.807) is 0 Å². The summed E-state index contributed by atoms with van der Waals surface area (Å²) in [4.78, 5) is 17.3. The molecule has 1 unspecified atom stereocenters. The molecule has 86 valence electrons. The predicted molar refractivity (Wildman–Crippen MR) is 52.1 cm³/mol. The molecule has 6 nitrogen and oxygen atoms in total. The Balaban J connectivity index is 5.07. The first-order valence-electron chi connectivity index (χ1n) is 2.84. The van der Waals surface area contributed by atoms with E-state index in [1.807, 2.05) is 0 Å². The third-order valence-corrected chi connectivity index (χ3v) is 3.69. The van der Waals surface area contributed by atoms with Crippen LogP contribution >= 0.6 is 42.4 Å². The van der Waals surface area contributed by atoms with E-state index < -0.39 is 27.4 Å². The van der Waals surface area contributed by atoms with E-state index >= 15 is 0 Å². The first-order valence-corrected chi connectivity index (χ1v) is 7.47. The van der Waals surface area contributed by atoms with Crippen molar-refractivity contribution in [2.75, 3.05) is 6.26 Å². The van der Waals surface area contributed by atoms with Gasteiger partial charge in [0.15, 0.2) is 0 Å². The fraction of sp³-hybridized carbons (Fsp3) is 1.00. The third-order valence-electron chi connectivity index (χ3n) is 0.851. The molecule has 0 aromatic carbocycles. The smallest absolute Gasteiger partial charge is 0.322 e. The van der Waals surface area contributed by atoms with E-state index in [1.165, 1.54) is 0 Å². The molecule has 0 aliphatic rings. The van der Waals surface area contributed by atoms with Crippen LogP contribution in [0.1, 0.15) is 0 Å². The van der Waals surface area contributed by atoms with Crippen molar-refractivity contribution in [3.8, 4) is 0 Å². The van der Waals surface area contributed by atoms with Crippen LogP contribution < -0.4 is 0 Å². The van der Waals surface area contributed by atoms with Crippen molar-refractivity contribution >= 4 is 52.5 Å². The van der Waals surface area contributed by atoms with Crippen molar-refractivity contribution in [1.29, 1.82) is 0 Å². The lowest BCUT2D eigenvalue weighted by Gasteiger charge is -2.23. The minimum absolute atomic E-state index is 0.575. The molecule has 0 aromatic rings. The summed E-state index contributed by atoms with van der Waals surface area (Å²) in [6.45, 7) is 0. The predicted octanol–water partition coefficient (Wildman–Crippen LogP) is 0.837. The highest BCUT2D eigenvalue weighted by Crippen LogP contribution is 2.53. The zero-order valence-corrected chi connectivity index (χ0v) is 10.6. The SMILES string of the molecule is CS(=O)(=O)OC(C(Cl)(Cl)Cl)P(=O)(O)O. The van der Waals surface area contributed by atoms with Gasteiger partial charge in [0.1, 0.15) is 0 Å². The van der Waals surface area contributed by atoms with Crippen molar-refractivity contribution in [1.82, 2.24) is 0 Å². The Kier molecular flexibility index (Phi) is 4.72. The van der Waals surface area contributed by atoms with Gasteiger partial charge in [-0.15, -0.1) is 0 Å². The molecule has 0 aromatic heterocycles. The average Bonchev–Trinajstić information content (AvgIpc) is 1.75. The number of hydrogen-bond acceptors (Lipinski definition) is 4. The van der Waals surface area contributed by atoms with Crippen molar-refractivity contribution in [3.63, 3.8) is 0 Å². The summed E-state index contributed by atoms with van der Waals surface area (Å²) in [7, 11) is -9.13. The van der Waals surface area contributed by atoms with Gasteiger partial charge < -0.3 is 9.79 Å². The molecule has 0 heterocycles. The van der Waals surface area contributed by atoms with E-state index in [9.17, 15) is 13.0 Å². The molecule has 2 N–H and O–H groups in total. The van der Waals surface area contributed by atoms with Crippen molar-refractivity contribution in [3.05, 3.63) is 0 Å². The number of hydrogen-bond donors (Lipinski definition) is 2. The average molecular weight is 307 g/mol. The van der Waals surface area contributed by atoms with Gasteiger partial charge in [0.2, 0.25) is 9.64 Å². The zero-order valence-electron chi connectivity index (χ0n) is 6.59. The lowest BCUT2D eigenvalue weighted by molar-refractivity contribution is 0.232. The fourth-order valence-electron chi connectivity index (χ4n) is 0.467. The van der Waals surface area contributed by atoms with E-state index in [4.69, 9.17) is 44.6 Å². The topological polar surface area (TPSA) is 101 Å². The summed E-state index contributed by atoms with van der Waals surface area (Å²) < 4.78 is 33.3. The molecular formula is C3H6Cl3O6PS. The summed E-state index contributed by atoms with van der Waals surface area (Å²) in [6.07, 6.45) is 0.575. The van der Waals surface area contributed by atoms with Crippen molar-refractivity contribution < 1.29 is 27.0 Å². The Morgan fingerprint density at radius 3 is 1.79 bits per heavy atom. The van der Waals surface area contributed by atoms with Crippen molar-refractivity contribution in [2.24, 2.45) is 0 Å². The molecule has 0 aliphatic heterocycles. The van der Waals surface area contributed by atoms with E-state index in [0.717, 1.165) is 0 Å². The summed E-state index contributed by atoms with van der Waals surface area (Å²) in [5.74, 6) is -2.35. The molecule has 0 rings (SSSR count). The van der Waals surface area contributed by atoms with Gasteiger partial charge >= 0.3 is 7.60 Å². The molecule has 0 fully saturated rings. The second kappa shape index (κ2) is 4.43. The molecular weight excluding hydrogens is 301 g/mol. The molecule has 0 bridgehead atoms. The zero-order chi connectivity index (χ0) is 11.8. The summed E-state index contributed by atoms with van der Waals surface area (Å²) in [6, 6.07) is 0. The van der Waals surface area contributed by atoms with Crippen LogP contribution in [0.3, 0.4) is 0 Å². The summed E-state index contributed by atoms with van der Waals surface area (Å²) in [5, 5.41) is 0. The van der Waals surface area contributed by atoms with Crippen molar-refractivity contribution in [2.45, 2.75) is 9.64 Å². The minimum Gasteiger partial charge on any atom is -0.322 e. The maximum absolute atomic E-state index is 10.7. The molecule has 1 atom stereocenters. The van der Waals surface area contributed by atoms with Crippen LogP contribution in [-0.4, -0.2) is 34.1 Å². The highest BCUT2D eigenvalue weighted by molar-refractivity contribution is 7.86. The molecule has 14 heavy (non-hydrogen) atoms. The first kappa shape index (κ1) is 14.9. The highest BCUT2D eigenvalue weighted by atomic mass is 35.6. The molecule has 0 aliphatic carbocycles. The first-order chi connectivity index (χ1) is 5.84. The number of alkyl halides is 3. The van der Waals surface area contributed by atoms with Crippen LogP contribution in [0.2, 0.25) is 0 Å². The molecule has 0 saturated heterocycles. The maximum Gasteiger partial charge on any atom is 0.360 e. The van der Waals surface area contributed by atoms with Gasteiger partial charge in [-0.1, -0.05) is 34.8 Å². The van der Waals surface area contributed by atoms with Crippen LogP contribution in [-0.2, 0) is 18.9 Å². The lowest BCUT2D eigenvalue weighted by atomic mass is 10.8. The van der Waals surface area contributed by atoms with E-state index in [0.29, 0.717) is 6.26 Å². The maximum atomic E-state index is 10.7. The highest BCUT2D eigenvalue weighted by Gasteiger charge is 2.48. The normalized spacial score (nSPS) is 16.7. The fourth-order valence-corrected chi connectivity index (χ4v) is 3.68. The van der Waals surface area contributed by atoms with Gasteiger partial charge in [0.25, 0.3) is 10.1 Å². The Bertz CT molecular complexity index is 340. The quantitative estimate of drug-likeness (QED) is 0.455. The van der Waals surface area contributed by atoms with Crippen LogP contribution in [0, 0.1) is 0 Å². The van der Waals surface area contributed by atoms with Crippen LogP contribution in [0.25, 0.3) is 0 Å². The monoisotopic (exact) mass is 306 g/mol. The van der Waals surface area contributed by atoms with Gasteiger partial charge in [0.05, 0.1) is 6.26 Å².